The van der Waals surface area contributed by atoms with Gasteiger partial charge >= 0.3 is 0 Å². The van der Waals surface area contributed by atoms with Crippen LogP contribution < -0.4 is 10.6 Å². The van der Waals surface area contributed by atoms with Gasteiger partial charge in [-0.25, -0.2) is 4.98 Å². The number of piperidine rings is 1. The predicted octanol–water partition coefficient (Wildman–Crippen LogP) is 2.37. The van der Waals surface area contributed by atoms with Crippen molar-refractivity contribution in [2.45, 2.75) is 33.6 Å². The number of carbonyl (C=O) groups excluding carboxylic acids is 1. The normalized spacial score (nSPS) is 16.5. The highest BCUT2D eigenvalue weighted by Crippen LogP contribution is 2.22. The molecule has 5 heteroatoms. The quantitative estimate of drug-likeness (QED) is 0.905. The lowest BCUT2D eigenvalue weighted by molar-refractivity contribution is 0.0740. The molecule has 0 spiro atoms. The Labute approximate surface area is 139 Å². The molecule has 1 aliphatic rings. The van der Waals surface area contributed by atoms with Gasteiger partial charge in [-0.1, -0.05) is 20.8 Å². The van der Waals surface area contributed by atoms with Gasteiger partial charge in [0.15, 0.2) is 0 Å². The maximum Gasteiger partial charge on any atom is 0.255 e. The summed E-state index contributed by atoms with van der Waals surface area (Å²) in [6.45, 7) is 9.71. The van der Waals surface area contributed by atoms with Gasteiger partial charge in [-0.15, -0.1) is 0 Å². The van der Waals surface area contributed by atoms with Crippen LogP contribution in [0.5, 0.6) is 0 Å². The zero-order chi connectivity index (χ0) is 17.0. The SMILES string of the molecule is CC1CCN(c2ccc(C(=O)N(C)CC(C)(C)CN)cn2)CC1. The molecule has 23 heavy (non-hydrogen) atoms. The van der Waals surface area contributed by atoms with Gasteiger partial charge in [0.05, 0.1) is 5.56 Å². The van der Waals surface area contributed by atoms with Gasteiger partial charge in [0.25, 0.3) is 5.91 Å². The van der Waals surface area contributed by atoms with Crippen molar-refractivity contribution >= 4 is 11.7 Å². The molecule has 5 nitrogen and oxygen atoms in total. The van der Waals surface area contributed by atoms with Gasteiger partial charge in [0, 0.05) is 32.9 Å². The average Bonchev–Trinajstić information content (AvgIpc) is 2.54. The largest absolute Gasteiger partial charge is 0.357 e. The second-order valence-electron chi connectivity index (χ2n) is 7.60. The third-order valence-corrected chi connectivity index (χ3v) is 4.67. The molecule has 128 valence electrons. The predicted molar refractivity (Wildman–Crippen MR) is 94.6 cm³/mol. The van der Waals surface area contributed by atoms with Crippen LogP contribution in [-0.4, -0.2) is 49.0 Å². The molecule has 1 aromatic heterocycles. The number of amides is 1. The van der Waals surface area contributed by atoms with E-state index in [0.29, 0.717) is 18.7 Å². The zero-order valence-electron chi connectivity index (χ0n) is 14.9. The summed E-state index contributed by atoms with van der Waals surface area (Å²) in [5, 5.41) is 0. The van der Waals surface area contributed by atoms with E-state index in [0.717, 1.165) is 24.8 Å². The molecule has 1 saturated heterocycles. The summed E-state index contributed by atoms with van der Waals surface area (Å²) >= 11 is 0. The maximum absolute atomic E-state index is 12.5. The Morgan fingerprint density at radius 3 is 2.57 bits per heavy atom. The maximum atomic E-state index is 12.5. The Morgan fingerprint density at radius 1 is 1.39 bits per heavy atom. The Morgan fingerprint density at radius 2 is 2.04 bits per heavy atom. The Bertz CT molecular complexity index is 518. The van der Waals surface area contributed by atoms with E-state index < -0.39 is 0 Å². The Balaban J connectivity index is 2.00. The highest BCUT2D eigenvalue weighted by atomic mass is 16.2. The van der Waals surface area contributed by atoms with Crippen LogP contribution in [0.25, 0.3) is 0 Å². The van der Waals surface area contributed by atoms with Gasteiger partial charge in [-0.05, 0) is 42.9 Å². The zero-order valence-corrected chi connectivity index (χ0v) is 14.9. The van der Waals surface area contributed by atoms with Crippen molar-refractivity contribution in [1.82, 2.24) is 9.88 Å². The van der Waals surface area contributed by atoms with Crippen LogP contribution in [0.3, 0.4) is 0 Å². The van der Waals surface area contributed by atoms with E-state index in [1.165, 1.54) is 12.8 Å². The first-order chi connectivity index (χ1) is 10.8. The monoisotopic (exact) mass is 318 g/mol. The van der Waals surface area contributed by atoms with Crippen LogP contribution in [-0.2, 0) is 0 Å². The highest BCUT2D eigenvalue weighted by Gasteiger charge is 2.22. The number of nitrogens with two attached hydrogens (primary N) is 1. The summed E-state index contributed by atoms with van der Waals surface area (Å²) in [5.74, 6) is 1.77. The van der Waals surface area contributed by atoms with Crippen molar-refractivity contribution in [3.8, 4) is 0 Å². The van der Waals surface area contributed by atoms with Gasteiger partial charge < -0.3 is 15.5 Å². The number of anilines is 1. The number of pyridine rings is 1. The molecule has 0 aromatic carbocycles. The second kappa shape index (κ2) is 7.30. The molecule has 0 radical (unpaired) electrons. The van der Waals surface area contributed by atoms with Crippen molar-refractivity contribution in [1.29, 1.82) is 0 Å². The minimum atomic E-state index is -0.0811. The fourth-order valence-electron chi connectivity index (χ4n) is 2.94. The molecule has 1 aliphatic heterocycles. The molecule has 0 bridgehead atoms. The standard InChI is InChI=1S/C18H30N4O/c1-14-7-9-22(10-8-14)16-6-5-15(11-20-16)17(23)21(4)13-18(2,3)12-19/h5-6,11,14H,7-10,12-13,19H2,1-4H3. The summed E-state index contributed by atoms with van der Waals surface area (Å²) in [6, 6.07) is 3.85. The minimum Gasteiger partial charge on any atom is -0.357 e. The fourth-order valence-corrected chi connectivity index (χ4v) is 2.94. The molecule has 1 aromatic rings. The molecule has 2 heterocycles. The van der Waals surface area contributed by atoms with E-state index in [-0.39, 0.29) is 11.3 Å². The second-order valence-corrected chi connectivity index (χ2v) is 7.60. The van der Waals surface area contributed by atoms with Crippen LogP contribution in [0.4, 0.5) is 5.82 Å². The van der Waals surface area contributed by atoms with E-state index in [2.05, 4.69) is 30.7 Å². The number of hydrogen-bond donors (Lipinski definition) is 1. The van der Waals surface area contributed by atoms with Gasteiger partial charge in [0.1, 0.15) is 5.82 Å². The smallest absolute Gasteiger partial charge is 0.255 e. The lowest BCUT2D eigenvalue weighted by Gasteiger charge is -2.31. The van der Waals surface area contributed by atoms with E-state index in [9.17, 15) is 4.79 Å². The molecule has 2 rings (SSSR count). The van der Waals surface area contributed by atoms with E-state index in [1.54, 1.807) is 11.1 Å². The van der Waals surface area contributed by atoms with Crippen molar-refractivity contribution in [2.24, 2.45) is 17.1 Å². The molecule has 0 aliphatic carbocycles. The topological polar surface area (TPSA) is 62.5 Å². The molecule has 0 saturated carbocycles. The van der Waals surface area contributed by atoms with Crippen LogP contribution in [0.1, 0.15) is 44.0 Å². The molecule has 0 unspecified atom stereocenters. The lowest BCUT2D eigenvalue weighted by Crippen LogP contribution is -2.39. The lowest BCUT2D eigenvalue weighted by atomic mass is 9.93. The third-order valence-electron chi connectivity index (χ3n) is 4.67. The minimum absolute atomic E-state index is 0.00200. The molecule has 1 amide bonds. The third kappa shape index (κ3) is 4.67. The van der Waals surface area contributed by atoms with E-state index in [1.807, 2.05) is 19.2 Å². The van der Waals surface area contributed by atoms with Gasteiger partial charge in [0.2, 0.25) is 0 Å². The first-order valence-electron chi connectivity index (χ1n) is 8.49. The Hall–Kier alpha value is -1.62. The van der Waals surface area contributed by atoms with Gasteiger partial charge in [-0.3, -0.25) is 4.79 Å². The van der Waals surface area contributed by atoms with Crippen molar-refractivity contribution in [3.63, 3.8) is 0 Å². The summed E-state index contributed by atoms with van der Waals surface area (Å²) in [7, 11) is 1.82. The van der Waals surface area contributed by atoms with E-state index >= 15 is 0 Å². The van der Waals surface area contributed by atoms with Crippen molar-refractivity contribution in [2.75, 3.05) is 38.1 Å². The summed E-state index contributed by atoms with van der Waals surface area (Å²) in [5.41, 5.74) is 6.30. The summed E-state index contributed by atoms with van der Waals surface area (Å²) in [4.78, 5) is 21.0. The Kier molecular flexibility index (Phi) is 5.63. The number of carbonyl (C=O) groups is 1. The number of nitrogens with zero attached hydrogens (tertiary/aromatic N) is 3. The fraction of sp³-hybridized carbons (Fsp3) is 0.667. The number of rotatable bonds is 5. The first kappa shape index (κ1) is 17.7. The summed E-state index contributed by atoms with van der Waals surface area (Å²) in [6.07, 6.45) is 4.11. The van der Waals surface area contributed by atoms with Crippen LogP contribution in [0, 0.1) is 11.3 Å². The van der Waals surface area contributed by atoms with E-state index in [4.69, 9.17) is 5.73 Å². The van der Waals surface area contributed by atoms with Crippen molar-refractivity contribution < 1.29 is 4.79 Å². The molecule has 1 fully saturated rings. The van der Waals surface area contributed by atoms with Crippen LogP contribution >= 0.6 is 0 Å². The van der Waals surface area contributed by atoms with Crippen molar-refractivity contribution in [3.05, 3.63) is 23.9 Å². The first-order valence-corrected chi connectivity index (χ1v) is 8.49. The van der Waals surface area contributed by atoms with Gasteiger partial charge in [-0.2, -0.15) is 0 Å². The molecule has 0 atom stereocenters. The highest BCUT2D eigenvalue weighted by molar-refractivity contribution is 5.94. The van der Waals surface area contributed by atoms with Crippen LogP contribution in [0.15, 0.2) is 18.3 Å². The number of aromatic nitrogens is 1. The summed E-state index contributed by atoms with van der Waals surface area (Å²) < 4.78 is 0. The average molecular weight is 318 g/mol. The number of hydrogen-bond acceptors (Lipinski definition) is 4. The van der Waals surface area contributed by atoms with Crippen LogP contribution in [0.2, 0.25) is 0 Å². The molecular weight excluding hydrogens is 288 g/mol. The molecule has 2 N–H and O–H groups in total. The molecular formula is C18H30N4O.